The predicted molar refractivity (Wildman–Crippen MR) is 138 cm³/mol. The fourth-order valence-corrected chi connectivity index (χ4v) is 4.99. The third kappa shape index (κ3) is 4.41. The number of sulfonamides is 1. The van der Waals surface area contributed by atoms with E-state index in [2.05, 4.69) is 20.0 Å². The van der Waals surface area contributed by atoms with Gasteiger partial charge in [-0.15, -0.1) is 0 Å². The molecule has 2 aromatic heterocycles. The number of aromatic amines is 1. The summed E-state index contributed by atoms with van der Waals surface area (Å²) in [4.78, 5) is 20.7. The van der Waals surface area contributed by atoms with Crippen molar-refractivity contribution in [3.05, 3.63) is 108 Å². The molecule has 0 aliphatic rings. The van der Waals surface area contributed by atoms with E-state index in [9.17, 15) is 13.2 Å². The number of para-hydroxylation sites is 2. The Morgan fingerprint density at radius 1 is 0.889 bits per heavy atom. The predicted octanol–water partition coefficient (Wildman–Crippen LogP) is 5.15. The number of amides is 1. The van der Waals surface area contributed by atoms with E-state index in [0.29, 0.717) is 28.2 Å². The standard InChI is InChI=1S/C27H19N5O3S/c28-17-18-12-14-19(15-13-18)36(34,35)32-23-10-4-2-8-21(23)25-20-7-1-3-9-22(20)30-26(25)27(33)31-24-11-5-6-16-29-24/h1-16,30,32H,(H,29,31,33). The monoisotopic (exact) mass is 493 g/mol. The number of rotatable bonds is 6. The van der Waals surface area contributed by atoms with Crippen LogP contribution in [0.1, 0.15) is 16.1 Å². The van der Waals surface area contributed by atoms with Crippen LogP contribution in [0.25, 0.3) is 22.0 Å². The molecule has 2 heterocycles. The second-order valence-electron chi connectivity index (χ2n) is 7.88. The highest BCUT2D eigenvalue weighted by molar-refractivity contribution is 7.92. The number of hydrogen-bond acceptors (Lipinski definition) is 5. The number of nitriles is 1. The van der Waals surface area contributed by atoms with E-state index in [4.69, 9.17) is 5.26 Å². The van der Waals surface area contributed by atoms with Crippen LogP contribution in [-0.2, 0) is 10.0 Å². The largest absolute Gasteiger partial charge is 0.350 e. The molecular formula is C27H19N5O3S. The van der Waals surface area contributed by atoms with E-state index in [1.807, 2.05) is 30.3 Å². The lowest BCUT2D eigenvalue weighted by atomic mass is 10.00. The van der Waals surface area contributed by atoms with Crippen molar-refractivity contribution >= 4 is 38.3 Å². The zero-order valence-electron chi connectivity index (χ0n) is 18.8. The van der Waals surface area contributed by atoms with Crippen molar-refractivity contribution in [2.45, 2.75) is 4.90 Å². The number of benzene rings is 3. The molecule has 0 spiro atoms. The highest BCUT2D eigenvalue weighted by Gasteiger charge is 2.23. The molecule has 0 aliphatic heterocycles. The molecule has 0 fully saturated rings. The molecule has 3 N–H and O–H groups in total. The summed E-state index contributed by atoms with van der Waals surface area (Å²) in [6.45, 7) is 0. The quantitative estimate of drug-likeness (QED) is 0.301. The van der Waals surface area contributed by atoms with Crippen molar-refractivity contribution in [1.29, 1.82) is 5.26 Å². The van der Waals surface area contributed by atoms with E-state index in [1.165, 1.54) is 24.3 Å². The Bertz CT molecular complexity index is 1720. The van der Waals surface area contributed by atoms with Crippen molar-refractivity contribution in [3.8, 4) is 17.2 Å². The van der Waals surface area contributed by atoms with E-state index < -0.39 is 15.9 Å². The van der Waals surface area contributed by atoms with Gasteiger partial charge in [-0.2, -0.15) is 5.26 Å². The summed E-state index contributed by atoms with van der Waals surface area (Å²) in [5.41, 5.74) is 2.74. The fourth-order valence-electron chi connectivity index (χ4n) is 3.91. The zero-order valence-corrected chi connectivity index (χ0v) is 19.6. The number of fused-ring (bicyclic) bond motifs is 1. The molecule has 0 bridgehead atoms. The Balaban J connectivity index is 1.60. The summed E-state index contributed by atoms with van der Waals surface area (Å²) in [5.74, 6) is -0.0217. The van der Waals surface area contributed by atoms with Gasteiger partial charge in [0.2, 0.25) is 0 Å². The lowest BCUT2D eigenvalue weighted by Crippen LogP contribution is -2.15. The van der Waals surface area contributed by atoms with Crippen LogP contribution in [0, 0.1) is 11.3 Å². The first-order chi connectivity index (χ1) is 17.5. The van der Waals surface area contributed by atoms with Gasteiger partial charge in [-0.1, -0.05) is 42.5 Å². The van der Waals surface area contributed by atoms with E-state index in [1.54, 1.807) is 48.7 Å². The lowest BCUT2D eigenvalue weighted by molar-refractivity contribution is 0.102. The highest BCUT2D eigenvalue weighted by atomic mass is 32.2. The minimum absolute atomic E-state index is 0.0170. The van der Waals surface area contributed by atoms with Gasteiger partial charge in [0, 0.05) is 28.2 Å². The molecule has 0 saturated heterocycles. The van der Waals surface area contributed by atoms with Gasteiger partial charge in [0.15, 0.2) is 0 Å². The fraction of sp³-hybridized carbons (Fsp3) is 0. The molecule has 0 unspecified atom stereocenters. The second-order valence-corrected chi connectivity index (χ2v) is 9.56. The number of carbonyl (C=O) groups is 1. The first-order valence-electron chi connectivity index (χ1n) is 10.9. The van der Waals surface area contributed by atoms with Crippen LogP contribution in [0.15, 0.2) is 102 Å². The smallest absolute Gasteiger partial charge is 0.273 e. The summed E-state index contributed by atoms with van der Waals surface area (Å²) < 4.78 is 29.0. The Morgan fingerprint density at radius 2 is 1.61 bits per heavy atom. The number of aromatic nitrogens is 2. The van der Waals surface area contributed by atoms with Crippen molar-refractivity contribution in [1.82, 2.24) is 9.97 Å². The number of hydrogen-bond donors (Lipinski definition) is 3. The number of nitrogens with one attached hydrogen (secondary N) is 3. The minimum atomic E-state index is -3.97. The van der Waals surface area contributed by atoms with Crippen LogP contribution in [-0.4, -0.2) is 24.3 Å². The van der Waals surface area contributed by atoms with Gasteiger partial charge in [-0.3, -0.25) is 9.52 Å². The third-order valence-corrected chi connectivity index (χ3v) is 6.96. The summed E-state index contributed by atoms with van der Waals surface area (Å²) in [5, 5.41) is 12.5. The lowest BCUT2D eigenvalue weighted by Gasteiger charge is -2.14. The Hall–Kier alpha value is -4.94. The number of nitrogens with zero attached hydrogens (tertiary/aromatic N) is 2. The summed E-state index contributed by atoms with van der Waals surface area (Å²) in [6.07, 6.45) is 1.58. The topological polar surface area (TPSA) is 128 Å². The van der Waals surface area contributed by atoms with Crippen LogP contribution >= 0.6 is 0 Å². The molecule has 0 aliphatic carbocycles. The van der Waals surface area contributed by atoms with Gasteiger partial charge in [0.25, 0.3) is 15.9 Å². The number of anilines is 2. The Labute approximate surface area is 207 Å². The van der Waals surface area contributed by atoms with Crippen molar-refractivity contribution in [2.75, 3.05) is 10.0 Å². The van der Waals surface area contributed by atoms with Gasteiger partial charge in [-0.25, -0.2) is 13.4 Å². The van der Waals surface area contributed by atoms with Gasteiger partial charge in [-0.05, 0) is 48.5 Å². The SMILES string of the molecule is N#Cc1ccc(S(=O)(=O)Nc2ccccc2-c2c(C(=O)Nc3ccccn3)[nH]c3ccccc23)cc1. The summed E-state index contributed by atoms with van der Waals surface area (Å²) >= 11 is 0. The summed E-state index contributed by atoms with van der Waals surface area (Å²) in [7, 11) is -3.97. The average molecular weight is 494 g/mol. The van der Waals surface area contributed by atoms with Gasteiger partial charge in [0.1, 0.15) is 11.5 Å². The number of pyridine rings is 1. The molecule has 0 atom stereocenters. The Morgan fingerprint density at radius 3 is 2.36 bits per heavy atom. The van der Waals surface area contributed by atoms with Gasteiger partial charge < -0.3 is 10.3 Å². The molecule has 5 aromatic rings. The van der Waals surface area contributed by atoms with Gasteiger partial charge in [0.05, 0.1) is 22.2 Å². The van der Waals surface area contributed by atoms with E-state index >= 15 is 0 Å². The van der Waals surface area contributed by atoms with Crippen LogP contribution in [0.5, 0.6) is 0 Å². The van der Waals surface area contributed by atoms with Crippen LogP contribution < -0.4 is 10.0 Å². The maximum Gasteiger partial charge on any atom is 0.273 e. The van der Waals surface area contributed by atoms with Crippen LogP contribution in [0.4, 0.5) is 11.5 Å². The minimum Gasteiger partial charge on any atom is -0.350 e. The first kappa shape index (κ1) is 22.8. The first-order valence-corrected chi connectivity index (χ1v) is 12.4. The molecule has 3 aromatic carbocycles. The third-order valence-electron chi connectivity index (χ3n) is 5.57. The van der Waals surface area contributed by atoms with Crippen LogP contribution in [0.2, 0.25) is 0 Å². The number of carbonyl (C=O) groups excluding carboxylic acids is 1. The van der Waals surface area contributed by atoms with E-state index in [0.717, 1.165) is 10.9 Å². The second kappa shape index (κ2) is 9.37. The van der Waals surface area contributed by atoms with E-state index in [-0.39, 0.29) is 10.6 Å². The maximum absolute atomic E-state index is 13.3. The molecular weight excluding hydrogens is 474 g/mol. The molecule has 5 rings (SSSR count). The highest BCUT2D eigenvalue weighted by Crippen LogP contribution is 2.38. The number of H-pyrrole nitrogens is 1. The van der Waals surface area contributed by atoms with Crippen molar-refractivity contribution in [3.63, 3.8) is 0 Å². The molecule has 36 heavy (non-hydrogen) atoms. The van der Waals surface area contributed by atoms with Crippen LogP contribution in [0.3, 0.4) is 0 Å². The zero-order chi connectivity index (χ0) is 25.1. The average Bonchev–Trinajstić information content (AvgIpc) is 3.29. The van der Waals surface area contributed by atoms with Crippen molar-refractivity contribution in [2.24, 2.45) is 0 Å². The molecule has 9 heteroatoms. The molecule has 0 radical (unpaired) electrons. The molecule has 1 amide bonds. The van der Waals surface area contributed by atoms with Gasteiger partial charge >= 0.3 is 0 Å². The molecule has 8 nitrogen and oxygen atoms in total. The Kier molecular flexibility index (Phi) is 5.94. The molecule has 0 saturated carbocycles. The molecule has 176 valence electrons. The maximum atomic E-state index is 13.3. The van der Waals surface area contributed by atoms with Crippen molar-refractivity contribution < 1.29 is 13.2 Å². The summed E-state index contributed by atoms with van der Waals surface area (Å²) in [6, 6.07) is 27.1. The normalized spacial score (nSPS) is 11.1.